The molecule has 0 fully saturated rings. The van der Waals surface area contributed by atoms with E-state index in [0.29, 0.717) is 0 Å². The predicted octanol–water partition coefficient (Wildman–Crippen LogP) is 3.74. The zero-order valence-corrected chi connectivity index (χ0v) is 17.3. The third-order valence-corrected chi connectivity index (χ3v) is 4.74. The number of nitrogens with zero attached hydrogens (tertiary/aromatic N) is 4. The summed E-state index contributed by atoms with van der Waals surface area (Å²) in [4.78, 5) is 35.6. The van der Waals surface area contributed by atoms with Crippen LogP contribution >= 0.6 is 0 Å². The zero-order valence-electron chi connectivity index (χ0n) is 17.3. The number of benzene rings is 2. The van der Waals surface area contributed by atoms with Crippen molar-refractivity contribution < 1.29 is 9.72 Å². The highest BCUT2D eigenvalue weighted by atomic mass is 16.6. The minimum absolute atomic E-state index is 0.00212. The van der Waals surface area contributed by atoms with E-state index in [4.69, 9.17) is 0 Å². The molecule has 1 amide bonds. The molecule has 2 heterocycles. The fraction of sp³-hybridized carbons (Fsp3) is 0.0435. The second-order valence-corrected chi connectivity index (χ2v) is 6.87. The van der Waals surface area contributed by atoms with Gasteiger partial charge in [-0.1, -0.05) is 66.7 Å². The molecule has 0 radical (unpaired) electrons. The van der Waals surface area contributed by atoms with Crippen LogP contribution in [0.5, 0.6) is 0 Å². The van der Waals surface area contributed by atoms with Gasteiger partial charge in [-0.15, -0.1) is 0 Å². The van der Waals surface area contributed by atoms with Crippen LogP contribution in [0, 0.1) is 10.1 Å². The average molecular weight is 441 g/mol. The van der Waals surface area contributed by atoms with Crippen LogP contribution in [0.2, 0.25) is 0 Å². The molecule has 0 spiro atoms. The van der Waals surface area contributed by atoms with Gasteiger partial charge < -0.3 is 5.32 Å². The maximum Gasteiger partial charge on any atom is 0.354 e. The third kappa shape index (κ3) is 5.07. The Kier molecular flexibility index (Phi) is 6.45. The van der Waals surface area contributed by atoms with E-state index in [1.54, 1.807) is 12.1 Å². The maximum atomic E-state index is 12.3. The van der Waals surface area contributed by atoms with E-state index in [1.807, 2.05) is 60.7 Å². The molecule has 33 heavy (non-hydrogen) atoms. The van der Waals surface area contributed by atoms with Crippen molar-refractivity contribution in [3.05, 3.63) is 118 Å². The van der Waals surface area contributed by atoms with Crippen molar-refractivity contribution in [2.45, 2.75) is 6.04 Å². The van der Waals surface area contributed by atoms with Crippen LogP contribution in [0.4, 0.5) is 17.3 Å². The van der Waals surface area contributed by atoms with Gasteiger partial charge in [-0.25, -0.2) is 9.97 Å². The first-order valence-electron chi connectivity index (χ1n) is 9.96. The lowest BCUT2D eigenvalue weighted by atomic mass is 9.99. The Morgan fingerprint density at radius 2 is 1.42 bits per heavy atom. The van der Waals surface area contributed by atoms with E-state index in [9.17, 15) is 14.9 Å². The number of nitro groups is 1. The molecule has 4 aromatic rings. The summed E-state index contributed by atoms with van der Waals surface area (Å²) < 4.78 is 0. The number of pyridine rings is 1. The number of carbonyl (C=O) groups is 1. The van der Waals surface area contributed by atoms with E-state index in [-0.39, 0.29) is 17.3 Å². The molecule has 0 aliphatic carbocycles. The van der Waals surface area contributed by atoms with Crippen LogP contribution in [0.15, 0.2) is 91.4 Å². The number of amides is 1. The lowest BCUT2D eigenvalue weighted by molar-refractivity contribution is -0.383. The molecule has 0 saturated carbocycles. The summed E-state index contributed by atoms with van der Waals surface area (Å²) in [5.74, 6) is -0.728. The first-order valence-corrected chi connectivity index (χ1v) is 9.96. The van der Waals surface area contributed by atoms with E-state index in [2.05, 4.69) is 31.1 Å². The zero-order chi connectivity index (χ0) is 23.0. The third-order valence-electron chi connectivity index (χ3n) is 4.74. The molecule has 2 aromatic carbocycles. The van der Waals surface area contributed by atoms with E-state index in [0.717, 1.165) is 11.1 Å². The van der Waals surface area contributed by atoms with E-state index in [1.165, 1.54) is 18.6 Å². The summed E-state index contributed by atoms with van der Waals surface area (Å²) in [5.41, 5.74) is 6.43. The molecule has 0 bridgehead atoms. The Hall–Kier alpha value is -4.86. The summed E-state index contributed by atoms with van der Waals surface area (Å²) in [5, 5.41) is 15.1. The van der Waals surface area contributed by atoms with Gasteiger partial charge in [0.25, 0.3) is 5.91 Å². The second-order valence-electron chi connectivity index (χ2n) is 6.87. The number of aromatic nitrogens is 3. The Balaban J connectivity index is 1.64. The fourth-order valence-corrected chi connectivity index (χ4v) is 3.21. The summed E-state index contributed by atoms with van der Waals surface area (Å²) in [7, 11) is 0. The van der Waals surface area contributed by atoms with Gasteiger partial charge in [0.15, 0.2) is 0 Å². The summed E-state index contributed by atoms with van der Waals surface area (Å²) in [6, 6.07) is 23.5. The van der Waals surface area contributed by atoms with Crippen LogP contribution < -0.4 is 16.2 Å². The van der Waals surface area contributed by atoms with Crippen LogP contribution in [0.3, 0.4) is 0 Å². The first kappa shape index (κ1) is 21.4. The monoisotopic (exact) mass is 441 g/mol. The minimum Gasteiger partial charge on any atom is -0.353 e. The smallest absolute Gasteiger partial charge is 0.353 e. The first-order chi connectivity index (χ1) is 16.1. The van der Waals surface area contributed by atoms with Crippen LogP contribution in [0.1, 0.15) is 27.7 Å². The largest absolute Gasteiger partial charge is 0.354 e. The van der Waals surface area contributed by atoms with Crippen molar-refractivity contribution >= 4 is 23.2 Å². The maximum absolute atomic E-state index is 12.3. The molecule has 0 aliphatic heterocycles. The quantitative estimate of drug-likeness (QED) is 0.278. The molecular formula is C23H19N7O3. The minimum atomic E-state index is -0.607. The van der Waals surface area contributed by atoms with Crippen molar-refractivity contribution in [2.24, 2.45) is 0 Å². The van der Waals surface area contributed by atoms with Gasteiger partial charge in [-0.2, -0.15) is 0 Å². The number of rotatable bonds is 8. The van der Waals surface area contributed by atoms with Gasteiger partial charge in [-0.05, 0) is 23.3 Å². The number of hydrogen-bond acceptors (Lipinski definition) is 8. The van der Waals surface area contributed by atoms with Gasteiger partial charge in [0.1, 0.15) is 12.0 Å². The lowest BCUT2D eigenvalue weighted by Gasteiger charge is -2.20. The highest BCUT2D eigenvalue weighted by molar-refractivity contribution is 5.93. The molecule has 0 aliphatic rings. The fourth-order valence-electron chi connectivity index (χ4n) is 3.21. The molecule has 0 atom stereocenters. The van der Waals surface area contributed by atoms with Crippen LogP contribution in [0.25, 0.3) is 0 Å². The Labute approximate surface area is 188 Å². The summed E-state index contributed by atoms with van der Waals surface area (Å²) in [6.07, 6.45) is 2.65. The SMILES string of the molecule is O=C(NNc1ncnc(NC(c2ccccc2)c2ccccc2)c1[N+](=O)[O-])c1ccccn1. The van der Waals surface area contributed by atoms with Crippen molar-refractivity contribution in [3.63, 3.8) is 0 Å². The Morgan fingerprint density at radius 3 is 2.00 bits per heavy atom. The topological polar surface area (TPSA) is 135 Å². The molecule has 10 nitrogen and oxygen atoms in total. The van der Waals surface area contributed by atoms with Gasteiger partial charge in [0.2, 0.25) is 11.6 Å². The van der Waals surface area contributed by atoms with Gasteiger partial charge in [0, 0.05) is 6.20 Å². The molecule has 4 rings (SSSR count). The molecule has 164 valence electrons. The predicted molar refractivity (Wildman–Crippen MR) is 122 cm³/mol. The summed E-state index contributed by atoms with van der Waals surface area (Å²) in [6.45, 7) is 0. The van der Waals surface area contributed by atoms with Crippen LogP contribution in [-0.2, 0) is 0 Å². The second kappa shape index (κ2) is 9.96. The molecule has 3 N–H and O–H groups in total. The number of anilines is 2. The average Bonchev–Trinajstić information content (AvgIpc) is 2.87. The molecule has 2 aromatic heterocycles. The van der Waals surface area contributed by atoms with E-state index < -0.39 is 22.6 Å². The van der Waals surface area contributed by atoms with E-state index >= 15 is 0 Å². The highest BCUT2D eigenvalue weighted by Crippen LogP contribution is 2.33. The molecule has 10 heteroatoms. The number of nitrogens with one attached hydrogen (secondary N) is 3. The van der Waals surface area contributed by atoms with Gasteiger partial charge in [0.05, 0.1) is 11.0 Å². The van der Waals surface area contributed by atoms with Crippen molar-refractivity contribution in [1.82, 2.24) is 20.4 Å². The van der Waals surface area contributed by atoms with Crippen molar-refractivity contribution in [1.29, 1.82) is 0 Å². The summed E-state index contributed by atoms with van der Waals surface area (Å²) >= 11 is 0. The Morgan fingerprint density at radius 1 is 0.818 bits per heavy atom. The van der Waals surface area contributed by atoms with Gasteiger partial charge in [-0.3, -0.25) is 30.7 Å². The van der Waals surface area contributed by atoms with Crippen molar-refractivity contribution in [3.8, 4) is 0 Å². The molecule has 0 unspecified atom stereocenters. The number of hydrazine groups is 1. The standard InChI is InChI=1S/C23H19N7O3/c31-23(18-13-7-8-14-24-18)29-28-22-20(30(32)33)21(25-15-26-22)27-19(16-9-3-1-4-10-16)17-11-5-2-6-12-17/h1-15,19H,(H,29,31)(H2,25,26,27,28). The number of carbonyl (C=O) groups excluding carboxylic acids is 1. The molecule has 0 saturated heterocycles. The van der Waals surface area contributed by atoms with Gasteiger partial charge >= 0.3 is 5.69 Å². The van der Waals surface area contributed by atoms with Crippen molar-refractivity contribution in [2.75, 3.05) is 10.7 Å². The highest BCUT2D eigenvalue weighted by Gasteiger charge is 2.26. The van der Waals surface area contributed by atoms with Crippen LogP contribution in [-0.4, -0.2) is 25.8 Å². The molecular weight excluding hydrogens is 422 g/mol. The Bertz CT molecular complexity index is 1200. The normalized spacial score (nSPS) is 10.5. The lowest BCUT2D eigenvalue weighted by Crippen LogP contribution is -2.31. The number of hydrogen-bond donors (Lipinski definition) is 3.